The molecule has 1 aromatic heterocycles. The molecule has 4 rings (SSSR count). The van der Waals surface area contributed by atoms with Gasteiger partial charge in [0.1, 0.15) is 0 Å². The molecule has 1 aliphatic carbocycles. The Balaban J connectivity index is 1.77. The Kier molecular flexibility index (Phi) is 2.44. The predicted octanol–water partition coefficient (Wildman–Crippen LogP) is 3.61. The quantitative estimate of drug-likeness (QED) is 0.608. The number of nitrogens with zero attached hydrogens (tertiary/aromatic N) is 1. The van der Waals surface area contributed by atoms with Gasteiger partial charge in [-0.1, -0.05) is 41.6 Å². The first-order valence-corrected chi connectivity index (χ1v) is 6.64. The molecule has 0 aliphatic heterocycles. The molecular formula is C17H11NO3. The fraction of sp³-hybridized carbons (Fsp3) is 0.0588. The smallest absolute Gasteiger partial charge is 0.358 e. The largest absolute Gasteiger partial charge is 0.476 e. The number of hydrogen-bond donors (Lipinski definition) is 1. The molecule has 21 heavy (non-hydrogen) atoms. The molecule has 0 unspecified atom stereocenters. The average molecular weight is 277 g/mol. The summed E-state index contributed by atoms with van der Waals surface area (Å²) in [5, 5.41) is 12.4. The van der Waals surface area contributed by atoms with E-state index in [2.05, 4.69) is 23.4 Å². The molecule has 4 nitrogen and oxygen atoms in total. The summed E-state index contributed by atoms with van der Waals surface area (Å²) in [6, 6.07) is 15.8. The van der Waals surface area contributed by atoms with Crippen molar-refractivity contribution in [3.05, 3.63) is 65.4 Å². The van der Waals surface area contributed by atoms with Crippen molar-refractivity contribution in [1.29, 1.82) is 0 Å². The second-order valence-corrected chi connectivity index (χ2v) is 5.09. The van der Waals surface area contributed by atoms with Crippen molar-refractivity contribution in [2.75, 3.05) is 0 Å². The second-order valence-electron chi connectivity index (χ2n) is 5.09. The third kappa shape index (κ3) is 1.84. The van der Waals surface area contributed by atoms with Crippen LogP contribution in [0, 0.1) is 0 Å². The van der Waals surface area contributed by atoms with E-state index in [0.717, 1.165) is 12.0 Å². The standard InChI is InChI=1S/C17H11NO3/c19-17(20)15-9-16(21-18-15)11-5-6-14-12(8-11)7-10-3-1-2-4-13(10)14/h1-6,8-9H,7H2,(H,19,20). The van der Waals surface area contributed by atoms with Crippen molar-refractivity contribution in [3.8, 4) is 22.5 Å². The summed E-state index contributed by atoms with van der Waals surface area (Å²) in [5.74, 6) is -0.607. The maximum absolute atomic E-state index is 10.9. The highest BCUT2D eigenvalue weighted by molar-refractivity contribution is 5.87. The fourth-order valence-electron chi connectivity index (χ4n) is 2.81. The van der Waals surface area contributed by atoms with E-state index < -0.39 is 5.97 Å². The van der Waals surface area contributed by atoms with E-state index >= 15 is 0 Å². The van der Waals surface area contributed by atoms with Crippen LogP contribution in [0.15, 0.2) is 53.1 Å². The molecular weight excluding hydrogens is 266 g/mol. The van der Waals surface area contributed by atoms with Crippen molar-refractivity contribution in [1.82, 2.24) is 5.16 Å². The van der Waals surface area contributed by atoms with E-state index in [4.69, 9.17) is 9.63 Å². The van der Waals surface area contributed by atoms with Gasteiger partial charge in [-0.15, -0.1) is 0 Å². The minimum atomic E-state index is -1.08. The lowest BCUT2D eigenvalue weighted by molar-refractivity contribution is 0.0686. The van der Waals surface area contributed by atoms with Crippen LogP contribution < -0.4 is 0 Å². The first kappa shape index (κ1) is 11.9. The van der Waals surface area contributed by atoms with Crippen molar-refractivity contribution < 1.29 is 14.4 Å². The number of benzene rings is 2. The Labute approximate surface area is 120 Å². The lowest BCUT2D eigenvalue weighted by Gasteiger charge is -2.02. The van der Waals surface area contributed by atoms with Gasteiger partial charge in [0, 0.05) is 11.6 Å². The number of carbonyl (C=O) groups is 1. The van der Waals surface area contributed by atoms with Crippen molar-refractivity contribution in [3.63, 3.8) is 0 Å². The molecule has 1 aliphatic rings. The molecule has 1 heterocycles. The maximum Gasteiger partial charge on any atom is 0.358 e. The van der Waals surface area contributed by atoms with Gasteiger partial charge in [0.15, 0.2) is 11.5 Å². The molecule has 0 saturated heterocycles. The number of aromatic nitrogens is 1. The first-order valence-electron chi connectivity index (χ1n) is 6.64. The Morgan fingerprint density at radius 1 is 1.05 bits per heavy atom. The molecule has 102 valence electrons. The van der Waals surface area contributed by atoms with Gasteiger partial charge in [0.05, 0.1) is 0 Å². The molecule has 1 N–H and O–H groups in total. The highest BCUT2D eigenvalue weighted by Gasteiger charge is 2.19. The number of fused-ring (bicyclic) bond motifs is 3. The summed E-state index contributed by atoms with van der Waals surface area (Å²) in [5.41, 5.74) is 5.81. The monoisotopic (exact) mass is 277 g/mol. The molecule has 0 spiro atoms. The van der Waals surface area contributed by atoms with Gasteiger partial charge in [-0.3, -0.25) is 0 Å². The highest BCUT2D eigenvalue weighted by Crippen LogP contribution is 2.38. The van der Waals surface area contributed by atoms with Gasteiger partial charge in [0.2, 0.25) is 0 Å². The molecule has 3 aromatic rings. The average Bonchev–Trinajstić information content (AvgIpc) is 3.11. The van der Waals surface area contributed by atoms with E-state index in [1.165, 1.54) is 28.3 Å². The zero-order valence-electron chi connectivity index (χ0n) is 11.0. The van der Waals surface area contributed by atoms with E-state index in [9.17, 15) is 4.79 Å². The maximum atomic E-state index is 10.9. The third-order valence-electron chi connectivity index (χ3n) is 3.81. The lowest BCUT2D eigenvalue weighted by atomic mass is 10.0. The molecule has 0 saturated carbocycles. The van der Waals surface area contributed by atoms with Crippen LogP contribution in [0.5, 0.6) is 0 Å². The summed E-state index contributed by atoms with van der Waals surface area (Å²) >= 11 is 0. The molecule has 0 fully saturated rings. The summed E-state index contributed by atoms with van der Waals surface area (Å²) in [6.45, 7) is 0. The van der Waals surface area contributed by atoms with Crippen molar-refractivity contribution >= 4 is 5.97 Å². The van der Waals surface area contributed by atoms with Gasteiger partial charge in [-0.25, -0.2) is 4.79 Å². The van der Waals surface area contributed by atoms with E-state index in [1.807, 2.05) is 24.3 Å². The first-order chi connectivity index (χ1) is 10.2. The normalized spacial score (nSPS) is 12.0. The SMILES string of the molecule is O=C(O)c1cc(-c2ccc3c(c2)Cc2ccccc2-3)on1. The van der Waals surface area contributed by atoms with Crippen LogP contribution in [-0.2, 0) is 6.42 Å². The third-order valence-corrected chi connectivity index (χ3v) is 3.81. The minimum Gasteiger partial charge on any atom is -0.476 e. The molecule has 0 bridgehead atoms. The highest BCUT2D eigenvalue weighted by atomic mass is 16.5. The van der Waals surface area contributed by atoms with Gasteiger partial charge in [-0.2, -0.15) is 0 Å². The molecule has 0 amide bonds. The topological polar surface area (TPSA) is 63.3 Å². The minimum absolute atomic E-state index is 0.0752. The number of aromatic carboxylic acids is 1. The zero-order chi connectivity index (χ0) is 14.4. The van der Waals surface area contributed by atoms with Crippen LogP contribution in [0.2, 0.25) is 0 Å². The van der Waals surface area contributed by atoms with Gasteiger partial charge in [0.25, 0.3) is 0 Å². The van der Waals surface area contributed by atoms with Crippen molar-refractivity contribution in [2.45, 2.75) is 6.42 Å². The van der Waals surface area contributed by atoms with Gasteiger partial charge in [-0.05, 0) is 34.7 Å². The van der Waals surface area contributed by atoms with E-state index in [0.29, 0.717) is 5.76 Å². The van der Waals surface area contributed by atoms with Crippen LogP contribution in [0.4, 0.5) is 0 Å². The van der Waals surface area contributed by atoms with Crippen molar-refractivity contribution in [2.24, 2.45) is 0 Å². The Morgan fingerprint density at radius 2 is 1.86 bits per heavy atom. The summed E-state index contributed by atoms with van der Waals surface area (Å²) in [7, 11) is 0. The molecule has 4 heteroatoms. The van der Waals surface area contributed by atoms with E-state index in [1.54, 1.807) is 0 Å². The van der Waals surface area contributed by atoms with Crippen LogP contribution in [0.3, 0.4) is 0 Å². The molecule has 0 atom stereocenters. The summed E-state index contributed by atoms with van der Waals surface area (Å²) < 4.78 is 5.12. The Morgan fingerprint density at radius 3 is 2.67 bits per heavy atom. The second kappa shape index (κ2) is 4.31. The summed E-state index contributed by atoms with van der Waals surface area (Å²) in [4.78, 5) is 10.9. The number of carboxylic acid groups (broad SMARTS) is 1. The summed E-state index contributed by atoms with van der Waals surface area (Å²) in [6.07, 6.45) is 0.888. The lowest BCUT2D eigenvalue weighted by Crippen LogP contribution is -1.94. The molecule has 0 radical (unpaired) electrons. The Bertz CT molecular complexity index is 864. The van der Waals surface area contributed by atoms with Gasteiger partial charge >= 0.3 is 5.97 Å². The molecule has 2 aromatic carbocycles. The Hall–Kier alpha value is -2.88. The number of hydrogen-bond acceptors (Lipinski definition) is 3. The number of rotatable bonds is 2. The number of carboxylic acids is 1. The predicted molar refractivity (Wildman–Crippen MR) is 77.1 cm³/mol. The van der Waals surface area contributed by atoms with Crippen LogP contribution in [0.1, 0.15) is 21.6 Å². The van der Waals surface area contributed by atoms with Crippen LogP contribution in [0.25, 0.3) is 22.5 Å². The van der Waals surface area contributed by atoms with Gasteiger partial charge < -0.3 is 9.63 Å². The fourth-order valence-corrected chi connectivity index (χ4v) is 2.81. The van der Waals surface area contributed by atoms with Crippen LogP contribution in [-0.4, -0.2) is 16.2 Å². The zero-order valence-corrected chi connectivity index (χ0v) is 11.0. The van der Waals surface area contributed by atoms with Crippen LogP contribution >= 0.6 is 0 Å². The van der Waals surface area contributed by atoms with E-state index in [-0.39, 0.29) is 5.69 Å².